The van der Waals surface area contributed by atoms with Crippen LogP contribution in [-0.2, 0) is 0 Å². The van der Waals surface area contributed by atoms with Gasteiger partial charge in [0.15, 0.2) is 0 Å². The molecule has 0 radical (unpaired) electrons. The van der Waals surface area contributed by atoms with Gasteiger partial charge >= 0.3 is 0 Å². The number of hydrogen-bond donors (Lipinski definition) is 2. The van der Waals surface area contributed by atoms with Gasteiger partial charge < -0.3 is 11.5 Å². The van der Waals surface area contributed by atoms with Gasteiger partial charge in [0.05, 0.1) is 0 Å². The summed E-state index contributed by atoms with van der Waals surface area (Å²) in [6.45, 7) is 5.25. The first-order valence-corrected chi connectivity index (χ1v) is 5.71. The Morgan fingerprint density at radius 2 is 1.77 bits per heavy atom. The maximum Gasteiger partial charge on any atom is 0.00675 e. The van der Waals surface area contributed by atoms with Crippen molar-refractivity contribution in [2.24, 2.45) is 17.4 Å². The van der Waals surface area contributed by atoms with E-state index in [2.05, 4.69) is 13.8 Å². The van der Waals surface area contributed by atoms with Gasteiger partial charge in [0.25, 0.3) is 0 Å². The lowest BCUT2D eigenvalue weighted by Gasteiger charge is -2.22. The van der Waals surface area contributed by atoms with Crippen LogP contribution in [0.15, 0.2) is 0 Å². The van der Waals surface area contributed by atoms with Gasteiger partial charge in [0, 0.05) is 6.04 Å². The molecular weight excluding hydrogens is 160 g/mol. The van der Waals surface area contributed by atoms with Crippen LogP contribution in [0.25, 0.3) is 0 Å². The molecule has 4 N–H and O–H groups in total. The molecule has 0 aromatic carbocycles. The van der Waals surface area contributed by atoms with E-state index in [4.69, 9.17) is 11.5 Å². The normalized spacial score (nSPS) is 15.7. The van der Waals surface area contributed by atoms with Crippen LogP contribution < -0.4 is 11.5 Å². The van der Waals surface area contributed by atoms with Gasteiger partial charge in [-0.2, -0.15) is 0 Å². The second kappa shape index (κ2) is 8.52. The SMILES string of the molecule is CCCCC(CC)C(N)CCCN. The number of nitrogens with two attached hydrogens (primary N) is 2. The van der Waals surface area contributed by atoms with Crippen LogP contribution in [0.1, 0.15) is 52.4 Å². The highest BCUT2D eigenvalue weighted by molar-refractivity contribution is 4.71. The Kier molecular flexibility index (Phi) is 8.46. The van der Waals surface area contributed by atoms with Crippen molar-refractivity contribution < 1.29 is 0 Å². The van der Waals surface area contributed by atoms with E-state index in [-0.39, 0.29) is 0 Å². The first-order chi connectivity index (χ1) is 6.26. The zero-order valence-electron chi connectivity index (χ0n) is 9.26. The van der Waals surface area contributed by atoms with Crippen molar-refractivity contribution in [3.8, 4) is 0 Å². The molecule has 2 atom stereocenters. The summed E-state index contributed by atoms with van der Waals surface area (Å²) >= 11 is 0. The Morgan fingerprint density at radius 1 is 1.08 bits per heavy atom. The molecule has 2 heteroatoms. The molecule has 0 amide bonds. The highest BCUT2D eigenvalue weighted by atomic mass is 14.6. The van der Waals surface area contributed by atoms with E-state index in [1.54, 1.807) is 0 Å². The van der Waals surface area contributed by atoms with Crippen LogP contribution >= 0.6 is 0 Å². The lowest BCUT2D eigenvalue weighted by Crippen LogP contribution is -2.30. The van der Waals surface area contributed by atoms with E-state index in [1.165, 1.54) is 25.7 Å². The molecule has 2 nitrogen and oxygen atoms in total. The number of hydrogen-bond acceptors (Lipinski definition) is 2. The minimum Gasteiger partial charge on any atom is -0.330 e. The molecule has 0 aromatic heterocycles. The highest BCUT2D eigenvalue weighted by Gasteiger charge is 2.14. The van der Waals surface area contributed by atoms with E-state index in [0.717, 1.165) is 19.4 Å². The number of rotatable bonds is 8. The molecule has 0 saturated heterocycles. The zero-order valence-corrected chi connectivity index (χ0v) is 9.26. The predicted molar refractivity (Wildman–Crippen MR) is 59.6 cm³/mol. The summed E-state index contributed by atoms with van der Waals surface area (Å²) in [5.41, 5.74) is 11.6. The molecule has 0 aliphatic heterocycles. The van der Waals surface area contributed by atoms with Crippen molar-refractivity contribution in [3.63, 3.8) is 0 Å². The monoisotopic (exact) mass is 186 g/mol. The van der Waals surface area contributed by atoms with Gasteiger partial charge in [-0.3, -0.25) is 0 Å². The average molecular weight is 186 g/mol. The number of unbranched alkanes of at least 4 members (excludes halogenated alkanes) is 1. The molecule has 2 unspecified atom stereocenters. The Morgan fingerprint density at radius 3 is 2.23 bits per heavy atom. The minimum absolute atomic E-state index is 0.375. The van der Waals surface area contributed by atoms with E-state index < -0.39 is 0 Å². The Hall–Kier alpha value is -0.0800. The minimum atomic E-state index is 0.375. The van der Waals surface area contributed by atoms with E-state index in [0.29, 0.717) is 12.0 Å². The second-order valence-electron chi connectivity index (χ2n) is 3.91. The standard InChI is InChI=1S/C11H26N2/c1-3-5-7-10(4-2)11(13)8-6-9-12/h10-11H,3-9,12-13H2,1-2H3. The Bertz CT molecular complexity index is 104. The van der Waals surface area contributed by atoms with Gasteiger partial charge in [-0.05, 0) is 31.7 Å². The summed E-state index contributed by atoms with van der Waals surface area (Å²) in [5.74, 6) is 0.714. The van der Waals surface area contributed by atoms with E-state index in [1.807, 2.05) is 0 Å². The van der Waals surface area contributed by atoms with E-state index in [9.17, 15) is 0 Å². The fourth-order valence-corrected chi connectivity index (χ4v) is 1.78. The average Bonchev–Trinajstić information content (AvgIpc) is 2.16. The molecule has 0 rings (SSSR count). The highest BCUT2D eigenvalue weighted by Crippen LogP contribution is 2.18. The maximum absolute atomic E-state index is 6.10. The van der Waals surface area contributed by atoms with Crippen LogP contribution in [-0.4, -0.2) is 12.6 Å². The Labute approximate surface area is 83.1 Å². The molecule has 0 aliphatic rings. The first kappa shape index (κ1) is 12.9. The zero-order chi connectivity index (χ0) is 10.1. The fraction of sp³-hybridized carbons (Fsp3) is 1.00. The summed E-state index contributed by atoms with van der Waals surface area (Å²) in [7, 11) is 0. The smallest absolute Gasteiger partial charge is 0.00675 e. The van der Waals surface area contributed by atoms with Gasteiger partial charge in [-0.1, -0.05) is 33.1 Å². The van der Waals surface area contributed by atoms with Gasteiger partial charge in [-0.15, -0.1) is 0 Å². The lowest BCUT2D eigenvalue weighted by atomic mass is 9.89. The third-order valence-electron chi connectivity index (χ3n) is 2.80. The Balaban J connectivity index is 3.63. The van der Waals surface area contributed by atoms with Crippen LogP contribution in [0, 0.1) is 5.92 Å². The van der Waals surface area contributed by atoms with Crippen LogP contribution in [0.2, 0.25) is 0 Å². The van der Waals surface area contributed by atoms with Crippen molar-refractivity contribution in [1.82, 2.24) is 0 Å². The topological polar surface area (TPSA) is 52.0 Å². The van der Waals surface area contributed by atoms with Crippen LogP contribution in [0.3, 0.4) is 0 Å². The van der Waals surface area contributed by atoms with Gasteiger partial charge in [0.2, 0.25) is 0 Å². The molecule has 13 heavy (non-hydrogen) atoms. The quantitative estimate of drug-likeness (QED) is 0.611. The van der Waals surface area contributed by atoms with Crippen molar-refractivity contribution in [2.75, 3.05) is 6.54 Å². The largest absolute Gasteiger partial charge is 0.330 e. The summed E-state index contributed by atoms with van der Waals surface area (Å²) in [5, 5.41) is 0. The third-order valence-corrected chi connectivity index (χ3v) is 2.80. The molecule has 0 saturated carbocycles. The molecular formula is C11H26N2. The third kappa shape index (κ3) is 6.05. The van der Waals surface area contributed by atoms with Crippen LogP contribution in [0.5, 0.6) is 0 Å². The molecule has 0 spiro atoms. The van der Waals surface area contributed by atoms with Crippen molar-refractivity contribution in [3.05, 3.63) is 0 Å². The van der Waals surface area contributed by atoms with Crippen LogP contribution in [0.4, 0.5) is 0 Å². The molecule has 0 bridgehead atoms. The summed E-state index contributed by atoms with van der Waals surface area (Å²) in [6, 6.07) is 0.375. The fourth-order valence-electron chi connectivity index (χ4n) is 1.78. The van der Waals surface area contributed by atoms with Gasteiger partial charge in [-0.25, -0.2) is 0 Å². The second-order valence-corrected chi connectivity index (χ2v) is 3.91. The summed E-state index contributed by atoms with van der Waals surface area (Å²) in [6.07, 6.45) is 7.27. The molecule has 0 aliphatic carbocycles. The maximum atomic E-state index is 6.10. The molecule has 0 fully saturated rings. The molecule has 80 valence electrons. The van der Waals surface area contributed by atoms with E-state index >= 15 is 0 Å². The summed E-state index contributed by atoms with van der Waals surface area (Å²) < 4.78 is 0. The summed E-state index contributed by atoms with van der Waals surface area (Å²) in [4.78, 5) is 0. The lowest BCUT2D eigenvalue weighted by molar-refractivity contribution is 0.351. The van der Waals surface area contributed by atoms with Crippen molar-refractivity contribution >= 4 is 0 Å². The predicted octanol–water partition coefficient (Wildman–Crippen LogP) is 2.27. The van der Waals surface area contributed by atoms with Crippen molar-refractivity contribution in [1.29, 1.82) is 0 Å². The van der Waals surface area contributed by atoms with Gasteiger partial charge in [0.1, 0.15) is 0 Å². The first-order valence-electron chi connectivity index (χ1n) is 5.71. The van der Waals surface area contributed by atoms with Crippen molar-refractivity contribution in [2.45, 2.75) is 58.4 Å². The molecule has 0 aromatic rings. The molecule has 0 heterocycles.